The van der Waals surface area contributed by atoms with E-state index in [1.54, 1.807) is 11.8 Å². The SMILES string of the molecule is C/C=C1\C(=C/S)Sc2ccccc2N1C. The quantitative estimate of drug-likeness (QED) is 0.679. The van der Waals surface area contributed by atoms with Gasteiger partial charge in [0.05, 0.1) is 11.4 Å². The zero-order valence-electron chi connectivity index (χ0n) is 8.77. The van der Waals surface area contributed by atoms with Crippen molar-refractivity contribution in [1.82, 2.24) is 0 Å². The van der Waals surface area contributed by atoms with Gasteiger partial charge in [0, 0.05) is 16.8 Å². The fourth-order valence-corrected chi connectivity index (χ4v) is 3.11. The molecule has 15 heavy (non-hydrogen) atoms. The summed E-state index contributed by atoms with van der Waals surface area (Å²) in [6.45, 7) is 2.05. The maximum absolute atomic E-state index is 4.26. The van der Waals surface area contributed by atoms with Crippen molar-refractivity contribution in [1.29, 1.82) is 0 Å². The normalized spacial score (nSPS) is 20.9. The third-order valence-corrected chi connectivity index (χ3v) is 4.00. The van der Waals surface area contributed by atoms with E-state index >= 15 is 0 Å². The van der Waals surface area contributed by atoms with Crippen LogP contribution in [0.2, 0.25) is 0 Å². The molecule has 0 amide bonds. The van der Waals surface area contributed by atoms with Crippen molar-refractivity contribution in [3.05, 3.63) is 46.4 Å². The second-order valence-electron chi connectivity index (χ2n) is 3.30. The zero-order valence-corrected chi connectivity index (χ0v) is 10.5. The first-order valence-corrected chi connectivity index (χ1v) is 6.13. The van der Waals surface area contributed by atoms with Gasteiger partial charge in [0.15, 0.2) is 0 Å². The molecule has 0 fully saturated rings. The van der Waals surface area contributed by atoms with Crippen LogP contribution in [0.5, 0.6) is 0 Å². The van der Waals surface area contributed by atoms with Crippen molar-refractivity contribution in [3.63, 3.8) is 0 Å². The Morgan fingerprint density at radius 2 is 2.07 bits per heavy atom. The summed E-state index contributed by atoms with van der Waals surface area (Å²) in [7, 11) is 2.09. The Kier molecular flexibility index (Phi) is 3.12. The molecule has 1 heterocycles. The average molecular weight is 235 g/mol. The summed E-state index contributed by atoms with van der Waals surface area (Å²) in [5, 5.41) is 1.87. The van der Waals surface area contributed by atoms with Crippen LogP contribution in [-0.2, 0) is 0 Å². The van der Waals surface area contributed by atoms with Crippen LogP contribution in [0.25, 0.3) is 0 Å². The maximum atomic E-state index is 4.26. The van der Waals surface area contributed by atoms with Gasteiger partial charge in [-0.15, -0.1) is 0 Å². The minimum Gasteiger partial charge on any atom is -0.343 e. The Hall–Kier alpha value is -0.800. The van der Waals surface area contributed by atoms with Crippen molar-refractivity contribution in [2.45, 2.75) is 11.8 Å². The molecule has 1 aliphatic rings. The molecular weight excluding hydrogens is 222 g/mol. The van der Waals surface area contributed by atoms with E-state index in [4.69, 9.17) is 0 Å². The van der Waals surface area contributed by atoms with Crippen LogP contribution in [0.1, 0.15) is 6.92 Å². The smallest absolute Gasteiger partial charge is 0.0550 e. The van der Waals surface area contributed by atoms with Gasteiger partial charge in [0.2, 0.25) is 0 Å². The third kappa shape index (κ3) is 1.82. The van der Waals surface area contributed by atoms with Crippen molar-refractivity contribution >= 4 is 30.1 Å². The van der Waals surface area contributed by atoms with E-state index in [2.05, 4.69) is 61.8 Å². The lowest BCUT2D eigenvalue weighted by Gasteiger charge is -2.31. The molecular formula is C12H13NS2. The van der Waals surface area contributed by atoms with Crippen molar-refractivity contribution < 1.29 is 0 Å². The van der Waals surface area contributed by atoms with E-state index in [9.17, 15) is 0 Å². The Bertz CT molecular complexity index is 435. The van der Waals surface area contributed by atoms with Crippen LogP contribution >= 0.6 is 24.4 Å². The summed E-state index contributed by atoms with van der Waals surface area (Å²) in [6.07, 6.45) is 2.12. The highest BCUT2D eigenvalue weighted by molar-refractivity contribution is 8.04. The molecule has 78 valence electrons. The fourth-order valence-electron chi connectivity index (χ4n) is 1.71. The summed E-state index contributed by atoms with van der Waals surface area (Å²) in [5.41, 5.74) is 2.48. The first kappa shape index (κ1) is 10.7. The third-order valence-electron chi connectivity index (χ3n) is 2.45. The molecule has 0 radical (unpaired) electrons. The second kappa shape index (κ2) is 4.37. The molecule has 3 heteroatoms. The lowest BCUT2D eigenvalue weighted by molar-refractivity contribution is 1.08. The minimum absolute atomic E-state index is 1.20. The van der Waals surface area contributed by atoms with Crippen LogP contribution < -0.4 is 4.90 Å². The molecule has 1 nitrogen and oxygen atoms in total. The lowest BCUT2D eigenvalue weighted by Crippen LogP contribution is -2.20. The van der Waals surface area contributed by atoms with Crippen LogP contribution in [-0.4, -0.2) is 7.05 Å². The number of fused-ring (bicyclic) bond motifs is 1. The fraction of sp³-hybridized carbons (Fsp3) is 0.167. The van der Waals surface area contributed by atoms with E-state index in [1.807, 2.05) is 5.41 Å². The summed E-state index contributed by atoms with van der Waals surface area (Å²) >= 11 is 6.03. The van der Waals surface area contributed by atoms with E-state index in [-0.39, 0.29) is 0 Å². The van der Waals surface area contributed by atoms with Gasteiger partial charge in [-0.2, -0.15) is 12.6 Å². The van der Waals surface area contributed by atoms with Crippen molar-refractivity contribution in [2.24, 2.45) is 0 Å². The van der Waals surface area contributed by atoms with Gasteiger partial charge < -0.3 is 4.90 Å². The topological polar surface area (TPSA) is 3.24 Å². The van der Waals surface area contributed by atoms with Gasteiger partial charge in [-0.1, -0.05) is 30.0 Å². The van der Waals surface area contributed by atoms with Crippen LogP contribution in [0.3, 0.4) is 0 Å². The lowest BCUT2D eigenvalue weighted by atomic mass is 10.2. The Balaban J connectivity index is 2.55. The highest BCUT2D eigenvalue weighted by Crippen LogP contribution is 2.45. The number of rotatable bonds is 0. The van der Waals surface area contributed by atoms with Gasteiger partial charge in [-0.05, 0) is 24.5 Å². The first-order chi connectivity index (χ1) is 7.27. The summed E-state index contributed by atoms with van der Waals surface area (Å²) in [4.78, 5) is 4.68. The predicted molar refractivity (Wildman–Crippen MR) is 71.5 cm³/mol. The molecule has 0 saturated carbocycles. The number of thioether (sulfide) groups is 1. The van der Waals surface area contributed by atoms with Gasteiger partial charge in [-0.25, -0.2) is 0 Å². The summed E-state index contributed by atoms with van der Waals surface area (Å²) in [6, 6.07) is 8.41. The van der Waals surface area contributed by atoms with Gasteiger partial charge in [0.1, 0.15) is 0 Å². The molecule has 1 aromatic carbocycles. The van der Waals surface area contributed by atoms with E-state index in [0.29, 0.717) is 0 Å². The summed E-state index contributed by atoms with van der Waals surface area (Å²) in [5.74, 6) is 0. The molecule has 0 N–H and O–H groups in total. The molecule has 0 saturated heterocycles. The maximum Gasteiger partial charge on any atom is 0.0550 e. The molecule has 0 bridgehead atoms. The number of para-hydroxylation sites is 1. The van der Waals surface area contributed by atoms with Crippen molar-refractivity contribution in [3.8, 4) is 0 Å². The number of allylic oxidation sites excluding steroid dienone is 1. The first-order valence-electron chi connectivity index (χ1n) is 4.79. The van der Waals surface area contributed by atoms with E-state index in [1.165, 1.54) is 21.2 Å². The number of anilines is 1. The molecule has 0 spiro atoms. The monoisotopic (exact) mass is 235 g/mol. The Morgan fingerprint density at radius 3 is 2.73 bits per heavy atom. The van der Waals surface area contributed by atoms with Crippen LogP contribution in [0.4, 0.5) is 5.69 Å². The van der Waals surface area contributed by atoms with E-state index in [0.717, 1.165) is 0 Å². The number of nitrogens with zero attached hydrogens (tertiary/aromatic N) is 1. The number of hydrogen-bond donors (Lipinski definition) is 1. The average Bonchev–Trinajstić information content (AvgIpc) is 2.29. The highest BCUT2D eigenvalue weighted by atomic mass is 32.2. The molecule has 1 aromatic rings. The van der Waals surface area contributed by atoms with Crippen LogP contribution in [0.15, 0.2) is 51.2 Å². The summed E-state index contributed by atoms with van der Waals surface area (Å²) < 4.78 is 0. The molecule has 0 unspecified atom stereocenters. The number of benzene rings is 1. The van der Waals surface area contributed by atoms with Gasteiger partial charge in [-0.3, -0.25) is 0 Å². The Labute approximate surface area is 100 Å². The minimum atomic E-state index is 1.20. The van der Waals surface area contributed by atoms with Gasteiger partial charge in [0.25, 0.3) is 0 Å². The molecule has 0 aromatic heterocycles. The molecule has 2 rings (SSSR count). The number of hydrogen-bond acceptors (Lipinski definition) is 3. The molecule has 0 aliphatic carbocycles. The molecule has 0 atom stereocenters. The Morgan fingerprint density at radius 1 is 1.33 bits per heavy atom. The predicted octanol–water partition coefficient (Wildman–Crippen LogP) is 3.90. The molecule has 1 aliphatic heterocycles. The number of likely N-dealkylation sites (N-methyl/N-ethyl adjacent to an activating group) is 1. The zero-order chi connectivity index (χ0) is 10.8. The standard InChI is InChI=1S/C12H13NS2/c1-3-9-12(8-14)15-11-7-5-4-6-10(11)13(9)2/h3-8,14H,1-2H3/b9-3+,12-8+. The van der Waals surface area contributed by atoms with Crippen molar-refractivity contribution in [2.75, 3.05) is 11.9 Å². The van der Waals surface area contributed by atoms with Gasteiger partial charge >= 0.3 is 0 Å². The highest BCUT2D eigenvalue weighted by Gasteiger charge is 2.21. The number of thiol groups is 1. The second-order valence-corrected chi connectivity index (χ2v) is 4.64. The largest absolute Gasteiger partial charge is 0.343 e. The van der Waals surface area contributed by atoms with Crippen LogP contribution in [0, 0.1) is 0 Å². The van der Waals surface area contributed by atoms with E-state index < -0.39 is 0 Å².